The quantitative estimate of drug-likeness (QED) is 0.634. The van der Waals surface area contributed by atoms with E-state index in [9.17, 15) is 14.4 Å². The molecule has 3 aromatic rings. The summed E-state index contributed by atoms with van der Waals surface area (Å²) in [5.41, 5.74) is 1.51. The van der Waals surface area contributed by atoms with Gasteiger partial charge in [-0.3, -0.25) is 9.59 Å². The lowest BCUT2D eigenvalue weighted by atomic mass is 9.87. The maximum absolute atomic E-state index is 12.2. The van der Waals surface area contributed by atoms with Gasteiger partial charge in [-0.15, -0.1) is 0 Å². The first-order valence-corrected chi connectivity index (χ1v) is 9.32. The topological polar surface area (TPSA) is 85.6 Å². The molecule has 0 spiro atoms. The molecule has 0 unspecified atom stereocenters. The standard InChI is InChI=1S/C22H20ClNO5/c1-22(2,3)13-4-7-15(8-5-13)24-20(26)12-28-21(27)19-11-17(25)16-10-14(23)6-9-18(16)29-19/h4-11H,12H2,1-3H3,(H,24,26). The maximum atomic E-state index is 12.2. The Balaban J connectivity index is 1.63. The first kappa shape index (κ1) is 20.6. The van der Waals surface area contributed by atoms with Crippen molar-refractivity contribution in [3.05, 3.63) is 75.1 Å². The molecular weight excluding hydrogens is 394 g/mol. The fraction of sp³-hybridized carbons (Fsp3) is 0.227. The number of benzene rings is 2. The van der Waals surface area contributed by atoms with Crippen LogP contribution >= 0.6 is 11.6 Å². The van der Waals surface area contributed by atoms with E-state index in [1.54, 1.807) is 18.2 Å². The van der Waals surface area contributed by atoms with E-state index in [2.05, 4.69) is 26.1 Å². The van der Waals surface area contributed by atoms with Crippen LogP contribution in [0.4, 0.5) is 5.69 Å². The largest absolute Gasteiger partial charge is 0.450 e. The van der Waals surface area contributed by atoms with E-state index in [0.717, 1.165) is 11.6 Å². The van der Waals surface area contributed by atoms with Crippen LogP contribution in [0, 0.1) is 0 Å². The smallest absolute Gasteiger partial charge is 0.374 e. The number of fused-ring (bicyclic) bond motifs is 1. The number of anilines is 1. The van der Waals surface area contributed by atoms with Crippen molar-refractivity contribution in [3.8, 4) is 0 Å². The number of nitrogens with one attached hydrogen (secondary N) is 1. The average molecular weight is 414 g/mol. The van der Waals surface area contributed by atoms with Crippen molar-refractivity contribution in [1.29, 1.82) is 0 Å². The predicted octanol–water partition coefficient (Wildman–Crippen LogP) is 4.54. The highest BCUT2D eigenvalue weighted by molar-refractivity contribution is 6.31. The van der Waals surface area contributed by atoms with Gasteiger partial charge in [-0.2, -0.15) is 0 Å². The Morgan fingerprint density at radius 3 is 2.41 bits per heavy atom. The van der Waals surface area contributed by atoms with E-state index in [4.69, 9.17) is 20.8 Å². The monoisotopic (exact) mass is 413 g/mol. The van der Waals surface area contributed by atoms with E-state index < -0.39 is 23.9 Å². The van der Waals surface area contributed by atoms with Gasteiger partial charge in [-0.05, 0) is 41.3 Å². The predicted molar refractivity (Wildman–Crippen MR) is 112 cm³/mol. The zero-order valence-corrected chi connectivity index (χ0v) is 17.0. The summed E-state index contributed by atoms with van der Waals surface area (Å²) < 4.78 is 10.3. The SMILES string of the molecule is CC(C)(C)c1ccc(NC(=O)COC(=O)c2cc(=O)c3cc(Cl)ccc3o2)cc1. The molecule has 7 heteroatoms. The highest BCUT2D eigenvalue weighted by Crippen LogP contribution is 2.23. The third-order valence-corrected chi connectivity index (χ3v) is 4.49. The van der Waals surface area contributed by atoms with Crippen molar-refractivity contribution in [2.45, 2.75) is 26.2 Å². The second-order valence-electron chi connectivity index (χ2n) is 7.57. The number of carbonyl (C=O) groups excluding carboxylic acids is 2. The van der Waals surface area contributed by atoms with Gasteiger partial charge < -0.3 is 14.5 Å². The van der Waals surface area contributed by atoms with Gasteiger partial charge in [-0.1, -0.05) is 44.5 Å². The highest BCUT2D eigenvalue weighted by atomic mass is 35.5. The van der Waals surface area contributed by atoms with Crippen LogP contribution < -0.4 is 10.7 Å². The number of hydrogen-bond acceptors (Lipinski definition) is 5. The molecule has 1 aromatic heterocycles. The van der Waals surface area contributed by atoms with Crippen LogP contribution in [0.3, 0.4) is 0 Å². The van der Waals surface area contributed by atoms with E-state index in [1.807, 2.05) is 12.1 Å². The highest BCUT2D eigenvalue weighted by Gasteiger charge is 2.16. The Bertz CT molecular complexity index is 1130. The Morgan fingerprint density at radius 1 is 1.07 bits per heavy atom. The average Bonchev–Trinajstić information content (AvgIpc) is 2.66. The number of amides is 1. The van der Waals surface area contributed by atoms with E-state index >= 15 is 0 Å². The van der Waals surface area contributed by atoms with Gasteiger partial charge >= 0.3 is 5.97 Å². The number of esters is 1. The van der Waals surface area contributed by atoms with Crippen molar-refractivity contribution in [2.75, 3.05) is 11.9 Å². The number of ether oxygens (including phenoxy) is 1. The van der Waals surface area contributed by atoms with Gasteiger partial charge in [0.2, 0.25) is 5.76 Å². The number of rotatable bonds is 4. The molecule has 0 aliphatic carbocycles. The van der Waals surface area contributed by atoms with Gasteiger partial charge in [0.1, 0.15) is 5.58 Å². The second-order valence-corrected chi connectivity index (χ2v) is 8.00. The Kier molecular flexibility index (Phi) is 5.75. The van der Waals surface area contributed by atoms with Crippen molar-refractivity contribution >= 4 is 40.1 Å². The van der Waals surface area contributed by atoms with Crippen LogP contribution in [-0.2, 0) is 14.9 Å². The Morgan fingerprint density at radius 2 is 1.76 bits per heavy atom. The Labute approximate surface area is 172 Å². The summed E-state index contributed by atoms with van der Waals surface area (Å²) in [6.07, 6.45) is 0. The molecule has 1 heterocycles. The van der Waals surface area contributed by atoms with Crippen molar-refractivity contribution in [3.63, 3.8) is 0 Å². The van der Waals surface area contributed by atoms with Crippen molar-refractivity contribution < 1.29 is 18.7 Å². The van der Waals surface area contributed by atoms with Crippen LogP contribution in [0.15, 0.2) is 57.7 Å². The second kappa shape index (κ2) is 8.09. The summed E-state index contributed by atoms with van der Waals surface area (Å²) in [4.78, 5) is 36.3. The molecule has 0 atom stereocenters. The van der Waals surface area contributed by atoms with Gasteiger partial charge in [-0.25, -0.2) is 4.79 Å². The fourth-order valence-corrected chi connectivity index (χ4v) is 2.85. The zero-order chi connectivity index (χ0) is 21.2. The summed E-state index contributed by atoms with van der Waals surface area (Å²) >= 11 is 5.86. The lowest BCUT2D eigenvalue weighted by Crippen LogP contribution is -2.21. The summed E-state index contributed by atoms with van der Waals surface area (Å²) in [5, 5.41) is 3.29. The minimum atomic E-state index is -0.905. The van der Waals surface area contributed by atoms with Gasteiger partial charge in [0, 0.05) is 16.8 Å². The first-order chi connectivity index (χ1) is 13.6. The number of carbonyl (C=O) groups is 2. The number of hydrogen-bond donors (Lipinski definition) is 1. The molecule has 0 aliphatic heterocycles. The van der Waals surface area contributed by atoms with Gasteiger partial charge in [0.15, 0.2) is 12.0 Å². The molecule has 0 saturated carbocycles. The maximum Gasteiger partial charge on any atom is 0.374 e. The molecule has 2 aromatic carbocycles. The lowest BCUT2D eigenvalue weighted by Gasteiger charge is -2.19. The van der Waals surface area contributed by atoms with Crippen molar-refractivity contribution in [2.24, 2.45) is 0 Å². The third-order valence-electron chi connectivity index (χ3n) is 4.26. The van der Waals surface area contributed by atoms with Crippen LogP contribution in [0.25, 0.3) is 11.0 Å². The molecule has 0 aliphatic rings. The summed E-state index contributed by atoms with van der Waals surface area (Å²) in [6, 6.07) is 12.9. The molecule has 3 rings (SSSR count). The van der Waals surface area contributed by atoms with Crippen LogP contribution in [0.1, 0.15) is 36.9 Å². The van der Waals surface area contributed by atoms with E-state index in [-0.39, 0.29) is 22.1 Å². The molecule has 1 N–H and O–H groups in total. The summed E-state index contributed by atoms with van der Waals surface area (Å²) in [7, 11) is 0. The first-order valence-electron chi connectivity index (χ1n) is 8.94. The normalized spacial score (nSPS) is 11.3. The summed E-state index contributed by atoms with van der Waals surface area (Å²) in [6.45, 7) is 5.78. The van der Waals surface area contributed by atoms with Crippen LogP contribution in [0.5, 0.6) is 0 Å². The molecule has 29 heavy (non-hydrogen) atoms. The lowest BCUT2D eigenvalue weighted by molar-refractivity contribution is -0.119. The fourth-order valence-electron chi connectivity index (χ4n) is 2.68. The third kappa shape index (κ3) is 5.03. The minimum absolute atomic E-state index is 0.00712. The molecule has 0 bridgehead atoms. The van der Waals surface area contributed by atoms with Gasteiger partial charge in [0.05, 0.1) is 5.39 Å². The van der Waals surface area contributed by atoms with Crippen LogP contribution in [0.2, 0.25) is 5.02 Å². The molecule has 6 nitrogen and oxygen atoms in total. The summed E-state index contributed by atoms with van der Waals surface area (Å²) in [5.74, 6) is -1.69. The van der Waals surface area contributed by atoms with Crippen LogP contribution in [-0.4, -0.2) is 18.5 Å². The number of halogens is 1. The molecular formula is C22H20ClNO5. The molecule has 0 saturated heterocycles. The van der Waals surface area contributed by atoms with Crippen molar-refractivity contribution in [1.82, 2.24) is 0 Å². The van der Waals surface area contributed by atoms with E-state index in [0.29, 0.717) is 10.7 Å². The molecule has 0 fully saturated rings. The minimum Gasteiger partial charge on any atom is -0.450 e. The molecule has 1 amide bonds. The zero-order valence-electron chi connectivity index (χ0n) is 16.2. The Hall–Kier alpha value is -3.12. The van der Waals surface area contributed by atoms with E-state index in [1.165, 1.54) is 12.1 Å². The molecule has 150 valence electrons. The molecule has 0 radical (unpaired) electrons. The van der Waals surface area contributed by atoms with Gasteiger partial charge in [0.25, 0.3) is 5.91 Å².